The minimum Gasteiger partial charge on any atom is -0.452 e. The molecule has 26 heavy (non-hydrogen) atoms. The van der Waals surface area contributed by atoms with Crippen molar-refractivity contribution in [3.05, 3.63) is 45.6 Å². The summed E-state index contributed by atoms with van der Waals surface area (Å²) in [5.74, 6) is -2.04. The molecule has 0 unspecified atom stereocenters. The fourth-order valence-corrected chi connectivity index (χ4v) is 3.29. The van der Waals surface area contributed by atoms with Gasteiger partial charge in [0.1, 0.15) is 10.8 Å². The Morgan fingerprint density at radius 3 is 2.46 bits per heavy atom. The van der Waals surface area contributed by atoms with Gasteiger partial charge in [-0.3, -0.25) is 9.59 Å². The molecule has 8 heteroatoms. The Morgan fingerprint density at radius 1 is 1.15 bits per heavy atom. The zero-order chi connectivity index (χ0) is 19.4. The Bertz CT molecular complexity index is 876. The summed E-state index contributed by atoms with van der Waals surface area (Å²) in [4.78, 5) is 36.4. The van der Waals surface area contributed by atoms with Crippen molar-refractivity contribution in [2.45, 2.75) is 27.7 Å². The summed E-state index contributed by atoms with van der Waals surface area (Å²) in [5.41, 5.74) is 1.65. The number of halogens is 1. The second-order valence-electron chi connectivity index (χ2n) is 5.76. The SMILES string of the molecule is CC(=O)Nc1sc(C)c(C)c1C(=O)OCC(=O)Nc1ccc(C)c(F)c1. The number of amides is 2. The molecule has 2 rings (SSSR count). The van der Waals surface area contributed by atoms with Crippen LogP contribution in [0, 0.1) is 26.6 Å². The number of hydrogen-bond donors (Lipinski definition) is 2. The van der Waals surface area contributed by atoms with Gasteiger partial charge in [0.25, 0.3) is 5.91 Å². The standard InChI is InChI=1S/C18H19FN2O4S/c1-9-5-6-13(7-14(9)19)21-15(23)8-25-18(24)16-10(2)11(3)26-17(16)20-12(4)22/h5-7H,8H2,1-4H3,(H,20,22)(H,21,23). The molecule has 2 N–H and O–H groups in total. The smallest absolute Gasteiger partial charge is 0.341 e. The van der Waals surface area contributed by atoms with Gasteiger partial charge in [0.05, 0.1) is 5.56 Å². The van der Waals surface area contributed by atoms with E-state index in [0.29, 0.717) is 16.1 Å². The quantitative estimate of drug-likeness (QED) is 0.779. The number of hydrogen-bond acceptors (Lipinski definition) is 5. The first-order valence-electron chi connectivity index (χ1n) is 7.79. The molecule has 0 fully saturated rings. The van der Waals surface area contributed by atoms with Crippen molar-refractivity contribution in [2.24, 2.45) is 0 Å². The first kappa shape index (κ1) is 19.6. The third kappa shape index (κ3) is 4.66. The van der Waals surface area contributed by atoms with E-state index in [1.54, 1.807) is 19.9 Å². The Kier molecular flexibility index (Phi) is 6.10. The number of carbonyl (C=O) groups excluding carboxylic acids is 3. The number of benzene rings is 1. The summed E-state index contributed by atoms with van der Waals surface area (Å²) in [6.45, 7) is 5.99. The van der Waals surface area contributed by atoms with Crippen LogP contribution < -0.4 is 10.6 Å². The number of aryl methyl sites for hydroxylation is 2. The molecule has 0 saturated heterocycles. The third-order valence-electron chi connectivity index (χ3n) is 3.67. The lowest BCUT2D eigenvalue weighted by atomic mass is 10.1. The minimum absolute atomic E-state index is 0.233. The number of thiophene rings is 1. The molecule has 0 radical (unpaired) electrons. The van der Waals surface area contributed by atoms with Crippen LogP contribution in [0.2, 0.25) is 0 Å². The number of nitrogens with one attached hydrogen (secondary N) is 2. The second kappa shape index (κ2) is 8.09. The van der Waals surface area contributed by atoms with Crippen LogP contribution in [0.3, 0.4) is 0 Å². The first-order valence-corrected chi connectivity index (χ1v) is 8.61. The van der Waals surface area contributed by atoms with Gasteiger partial charge in [-0.25, -0.2) is 9.18 Å². The van der Waals surface area contributed by atoms with E-state index < -0.39 is 24.3 Å². The zero-order valence-corrected chi connectivity index (χ0v) is 15.7. The van der Waals surface area contributed by atoms with Gasteiger partial charge >= 0.3 is 5.97 Å². The predicted octanol–water partition coefficient (Wildman–Crippen LogP) is 3.57. The van der Waals surface area contributed by atoms with Crippen LogP contribution >= 0.6 is 11.3 Å². The molecule has 1 aromatic carbocycles. The van der Waals surface area contributed by atoms with Gasteiger partial charge in [0.15, 0.2) is 6.61 Å². The third-order valence-corrected chi connectivity index (χ3v) is 4.79. The average molecular weight is 378 g/mol. The molecule has 0 spiro atoms. The number of anilines is 2. The predicted molar refractivity (Wildman–Crippen MR) is 98.1 cm³/mol. The highest BCUT2D eigenvalue weighted by Crippen LogP contribution is 2.33. The van der Waals surface area contributed by atoms with Gasteiger partial charge in [0.2, 0.25) is 5.91 Å². The molecule has 2 aromatic rings. The zero-order valence-electron chi connectivity index (χ0n) is 14.9. The molecular formula is C18H19FN2O4S. The summed E-state index contributed by atoms with van der Waals surface area (Å²) < 4.78 is 18.5. The molecule has 0 aliphatic carbocycles. The van der Waals surface area contributed by atoms with Gasteiger partial charge in [-0.1, -0.05) is 6.07 Å². The largest absolute Gasteiger partial charge is 0.452 e. The molecule has 138 valence electrons. The van der Waals surface area contributed by atoms with Crippen molar-refractivity contribution in [1.82, 2.24) is 0 Å². The maximum atomic E-state index is 13.5. The van der Waals surface area contributed by atoms with Gasteiger partial charge in [-0.15, -0.1) is 11.3 Å². The van der Waals surface area contributed by atoms with Gasteiger partial charge in [-0.05, 0) is 44.0 Å². The molecule has 6 nitrogen and oxygen atoms in total. The van der Waals surface area contributed by atoms with Crippen molar-refractivity contribution >= 4 is 39.8 Å². The maximum Gasteiger partial charge on any atom is 0.341 e. The second-order valence-corrected chi connectivity index (χ2v) is 6.98. The van der Waals surface area contributed by atoms with E-state index in [4.69, 9.17) is 4.74 Å². The fraction of sp³-hybridized carbons (Fsp3) is 0.278. The first-order chi connectivity index (χ1) is 12.2. The summed E-state index contributed by atoms with van der Waals surface area (Å²) >= 11 is 1.26. The lowest BCUT2D eigenvalue weighted by molar-refractivity contribution is -0.119. The Labute approximate surface area is 154 Å². The van der Waals surface area contributed by atoms with E-state index in [0.717, 1.165) is 4.88 Å². The van der Waals surface area contributed by atoms with Crippen LogP contribution in [-0.4, -0.2) is 24.4 Å². The van der Waals surface area contributed by atoms with E-state index in [1.807, 2.05) is 6.92 Å². The number of esters is 1. The Hall–Kier alpha value is -2.74. The van der Waals surface area contributed by atoms with Crippen LogP contribution in [0.1, 0.15) is 33.3 Å². The molecule has 0 aliphatic heterocycles. The van der Waals surface area contributed by atoms with E-state index >= 15 is 0 Å². The number of ether oxygens (including phenoxy) is 1. The normalized spacial score (nSPS) is 10.3. The highest BCUT2D eigenvalue weighted by molar-refractivity contribution is 7.16. The molecule has 0 bridgehead atoms. The average Bonchev–Trinajstić information content (AvgIpc) is 2.82. The van der Waals surface area contributed by atoms with E-state index in [2.05, 4.69) is 10.6 Å². The molecule has 0 atom stereocenters. The summed E-state index contributed by atoms with van der Waals surface area (Å²) in [5, 5.41) is 5.44. The van der Waals surface area contributed by atoms with Crippen LogP contribution in [0.5, 0.6) is 0 Å². The lowest BCUT2D eigenvalue weighted by Crippen LogP contribution is -2.21. The van der Waals surface area contributed by atoms with E-state index in [-0.39, 0.29) is 17.2 Å². The molecule has 0 aliphatic rings. The van der Waals surface area contributed by atoms with Crippen molar-refractivity contribution in [2.75, 3.05) is 17.2 Å². The topological polar surface area (TPSA) is 84.5 Å². The van der Waals surface area contributed by atoms with Crippen LogP contribution in [-0.2, 0) is 14.3 Å². The summed E-state index contributed by atoms with van der Waals surface area (Å²) in [6, 6.07) is 4.28. The molecule has 0 saturated carbocycles. The molecule has 2 amide bonds. The summed E-state index contributed by atoms with van der Waals surface area (Å²) in [6.07, 6.45) is 0. The molecule has 1 heterocycles. The highest BCUT2D eigenvalue weighted by Gasteiger charge is 2.22. The fourth-order valence-electron chi connectivity index (χ4n) is 2.19. The van der Waals surface area contributed by atoms with Gasteiger partial charge < -0.3 is 15.4 Å². The number of rotatable bonds is 5. The van der Waals surface area contributed by atoms with Crippen LogP contribution in [0.15, 0.2) is 18.2 Å². The Morgan fingerprint density at radius 2 is 1.85 bits per heavy atom. The van der Waals surface area contributed by atoms with Crippen LogP contribution in [0.4, 0.5) is 15.1 Å². The van der Waals surface area contributed by atoms with E-state index in [1.165, 1.54) is 30.4 Å². The van der Waals surface area contributed by atoms with Gasteiger partial charge in [0, 0.05) is 17.5 Å². The van der Waals surface area contributed by atoms with Crippen molar-refractivity contribution in [1.29, 1.82) is 0 Å². The van der Waals surface area contributed by atoms with Crippen molar-refractivity contribution in [3.8, 4) is 0 Å². The molecular weight excluding hydrogens is 359 g/mol. The van der Waals surface area contributed by atoms with Crippen LogP contribution in [0.25, 0.3) is 0 Å². The monoisotopic (exact) mass is 378 g/mol. The van der Waals surface area contributed by atoms with Gasteiger partial charge in [-0.2, -0.15) is 0 Å². The van der Waals surface area contributed by atoms with Crippen molar-refractivity contribution < 1.29 is 23.5 Å². The Balaban J connectivity index is 2.03. The number of carbonyl (C=O) groups is 3. The van der Waals surface area contributed by atoms with Crippen molar-refractivity contribution in [3.63, 3.8) is 0 Å². The lowest BCUT2D eigenvalue weighted by Gasteiger charge is -2.09. The minimum atomic E-state index is -0.708. The highest BCUT2D eigenvalue weighted by atomic mass is 32.1. The maximum absolute atomic E-state index is 13.5. The molecule has 1 aromatic heterocycles. The summed E-state index contributed by atoms with van der Waals surface area (Å²) in [7, 11) is 0. The van der Waals surface area contributed by atoms with E-state index in [9.17, 15) is 18.8 Å².